The topological polar surface area (TPSA) is 76.8 Å². The highest BCUT2D eigenvalue weighted by atomic mass is 16.5. The number of carbonyl (C=O) groups is 3. The molecule has 1 atom stereocenters. The molecule has 26 heavy (non-hydrogen) atoms. The lowest BCUT2D eigenvalue weighted by atomic mass is 9.96. The zero-order valence-corrected chi connectivity index (χ0v) is 14.6. The van der Waals surface area contributed by atoms with E-state index in [9.17, 15) is 14.4 Å². The number of rotatable bonds is 5. The van der Waals surface area contributed by atoms with E-state index >= 15 is 0 Å². The summed E-state index contributed by atoms with van der Waals surface area (Å²) in [6.07, 6.45) is 1.66. The number of benzene rings is 1. The summed E-state index contributed by atoms with van der Waals surface area (Å²) in [7, 11) is 0. The van der Waals surface area contributed by atoms with Gasteiger partial charge in [-0.2, -0.15) is 0 Å². The smallest absolute Gasteiger partial charge is 0.309 e. The summed E-state index contributed by atoms with van der Waals surface area (Å²) in [5, 5.41) is 0. The number of piperidine rings is 1. The highest BCUT2D eigenvalue weighted by Gasteiger charge is 2.31. The van der Waals surface area contributed by atoms with Crippen LogP contribution in [0.2, 0.25) is 0 Å². The largest absolute Gasteiger partial charge is 0.459 e. The fourth-order valence-electron chi connectivity index (χ4n) is 3.04. The number of carbonyl (C=O) groups excluding carboxylic acids is 3. The number of esters is 1. The van der Waals surface area contributed by atoms with Gasteiger partial charge in [0.15, 0.2) is 11.9 Å². The summed E-state index contributed by atoms with van der Waals surface area (Å²) in [5.41, 5.74) is 0.520. The van der Waals surface area contributed by atoms with E-state index in [1.165, 1.54) is 6.26 Å². The summed E-state index contributed by atoms with van der Waals surface area (Å²) >= 11 is 0. The number of hydrogen-bond donors (Lipinski definition) is 0. The van der Waals surface area contributed by atoms with Crippen molar-refractivity contribution < 1.29 is 23.5 Å². The molecule has 0 saturated carbocycles. The van der Waals surface area contributed by atoms with Gasteiger partial charge in [-0.05, 0) is 31.9 Å². The molecule has 1 aromatic heterocycles. The second-order valence-corrected chi connectivity index (χ2v) is 6.35. The zero-order chi connectivity index (χ0) is 18.5. The van der Waals surface area contributed by atoms with Crippen LogP contribution in [0.1, 0.15) is 40.7 Å². The van der Waals surface area contributed by atoms with Crippen LogP contribution < -0.4 is 0 Å². The number of hydrogen-bond acceptors (Lipinski definition) is 5. The van der Waals surface area contributed by atoms with Gasteiger partial charge in [-0.15, -0.1) is 0 Å². The Hall–Kier alpha value is -2.89. The van der Waals surface area contributed by atoms with E-state index in [4.69, 9.17) is 9.15 Å². The van der Waals surface area contributed by atoms with Crippen LogP contribution in [0.25, 0.3) is 0 Å². The molecule has 2 aromatic rings. The molecule has 1 amide bonds. The minimum Gasteiger partial charge on any atom is -0.459 e. The standard InChI is InChI=1S/C20H21NO5/c1-14(18(22)15-6-3-2-4-7-15)26-20(24)16-9-11-21(12-10-16)19(23)17-8-5-13-25-17/h2-8,13-14,16H,9-12H2,1H3. The zero-order valence-electron chi connectivity index (χ0n) is 14.6. The van der Waals surface area contributed by atoms with E-state index in [0.29, 0.717) is 37.3 Å². The molecule has 0 radical (unpaired) electrons. The van der Waals surface area contributed by atoms with E-state index in [1.54, 1.807) is 48.2 Å². The first kappa shape index (κ1) is 17.9. The average molecular weight is 355 g/mol. The van der Waals surface area contributed by atoms with Gasteiger partial charge in [-0.25, -0.2) is 0 Å². The molecule has 0 spiro atoms. The number of furan rings is 1. The van der Waals surface area contributed by atoms with Gasteiger partial charge in [0.1, 0.15) is 0 Å². The fraction of sp³-hybridized carbons (Fsp3) is 0.350. The SMILES string of the molecule is CC(OC(=O)C1CCN(C(=O)c2ccco2)CC1)C(=O)c1ccccc1. The van der Waals surface area contributed by atoms with E-state index in [-0.39, 0.29) is 23.6 Å². The Morgan fingerprint density at radius 1 is 1.08 bits per heavy atom. The minimum atomic E-state index is -0.826. The number of likely N-dealkylation sites (tertiary alicyclic amines) is 1. The average Bonchev–Trinajstić information content (AvgIpc) is 3.22. The third kappa shape index (κ3) is 4.02. The van der Waals surface area contributed by atoms with E-state index in [2.05, 4.69) is 0 Å². The van der Waals surface area contributed by atoms with Gasteiger partial charge in [0.05, 0.1) is 12.2 Å². The molecule has 3 rings (SSSR count). The molecule has 1 fully saturated rings. The number of nitrogens with zero attached hydrogens (tertiary/aromatic N) is 1. The molecule has 1 aliphatic rings. The Balaban J connectivity index is 1.50. The molecule has 6 heteroatoms. The van der Waals surface area contributed by atoms with Gasteiger partial charge in [-0.3, -0.25) is 14.4 Å². The quantitative estimate of drug-likeness (QED) is 0.609. The third-order valence-corrected chi connectivity index (χ3v) is 4.57. The summed E-state index contributed by atoms with van der Waals surface area (Å²) in [6, 6.07) is 12.1. The van der Waals surface area contributed by atoms with Crippen LogP contribution in [0.4, 0.5) is 0 Å². The Kier molecular flexibility index (Phi) is 5.51. The first-order valence-corrected chi connectivity index (χ1v) is 8.69. The van der Waals surface area contributed by atoms with Crippen molar-refractivity contribution in [3.63, 3.8) is 0 Å². The van der Waals surface area contributed by atoms with Crippen LogP contribution in [0.5, 0.6) is 0 Å². The van der Waals surface area contributed by atoms with Gasteiger partial charge in [-0.1, -0.05) is 30.3 Å². The van der Waals surface area contributed by atoms with Crippen LogP contribution in [-0.4, -0.2) is 41.8 Å². The Morgan fingerprint density at radius 3 is 2.38 bits per heavy atom. The van der Waals surface area contributed by atoms with Crippen molar-refractivity contribution in [2.24, 2.45) is 5.92 Å². The maximum atomic E-state index is 12.4. The molecule has 0 aliphatic carbocycles. The van der Waals surface area contributed by atoms with Crippen LogP contribution in [0.3, 0.4) is 0 Å². The molecule has 6 nitrogen and oxygen atoms in total. The van der Waals surface area contributed by atoms with Gasteiger partial charge in [0.2, 0.25) is 5.78 Å². The van der Waals surface area contributed by atoms with Crippen molar-refractivity contribution in [1.82, 2.24) is 4.90 Å². The molecule has 136 valence electrons. The predicted octanol–water partition coefficient (Wildman–Crippen LogP) is 2.95. The van der Waals surface area contributed by atoms with Crippen molar-refractivity contribution in [1.29, 1.82) is 0 Å². The van der Waals surface area contributed by atoms with Gasteiger partial charge in [0.25, 0.3) is 5.91 Å². The summed E-state index contributed by atoms with van der Waals surface area (Å²) in [5.74, 6) is -0.777. The first-order chi connectivity index (χ1) is 12.6. The van der Waals surface area contributed by atoms with Gasteiger partial charge >= 0.3 is 5.97 Å². The highest BCUT2D eigenvalue weighted by Crippen LogP contribution is 2.21. The van der Waals surface area contributed by atoms with Crippen molar-refractivity contribution >= 4 is 17.7 Å². The van der Waals surface area contributed by atoms with Crippen molar-refractivity contribution in [2.75, 3.05) is 13.1 Å². The molecule has 0 bridgehead atoms. The third-order valence-electron chi connectivity index (χ3n) is 4.57. The van der Waals surface area contributed by atoms with E-state index in [1.807, 2.05) is 6.07 Å². The predicted molar refractivity (Wildman–Crippen MR) is 93.7 cm³/mol. The number of ketones is 1. The maximum absolute atomic E-state index is 12.4. The Bertz CT molecular complexity index is 761. The molecular formula is C20H21NO5. The fourth-order valence-corrected chi connectivity index (χ4v) is 3.04. The van der Waals surface area contributed by atoms with Crippen LogP contribution in [-0.2, 0) is 9.53 Å². The van der Waals surface area contributed by atoms with E-state index < -0.39 is 6.10 Å². The molecular weight excluding hydrogens is 334 g/mol. The van der Waals surface area contributed by atoms with Gasteiger partial charge in [0, 0.05) is 18.7 Å². The molecule has 1 aromatic carbocycles. The Morgan fingerprint density at radius 2 is 1.77 bits per heavy atom. The van der Waals surface area contributed by atoms with Crippen LogP contribution in [0.15, 0.2) is 53.1 Å². The molecule has 1 saturated heterocycles. The van der Waals surface area contributed by atoms with Crippen LogP contribution >= 0.6 is 0 Å². The summed E-state index contributed by atoms with van der Waals surface area (Å²) < 4.78 is 10.5. The first-order valence-electron chi connectivity index (χ1n) is 8.69. The highest BCUT2D eigenvalue weighted by molar-refractivity contribution is 6.00. The molecule has 1 unspecified atom stereocenters. The van der Waals surface area contributed by atoms with Crippen LogP contribution in [0, 0.1) is 5.92 Å². The Labute approximate surface area is 151 Å². The van der Waals surface area contributed by atoms with Gasteiger partial charge < -0.3 is 14.1 Å². The van der Waals surface area contributed by atoms with Crippen molar-refractivity contribution in [3.8, 4) is 0 Å². The minimum absolute atomic E-state index is 0.172. The summed E-state index contributed by atoms with van der Waals surface area (Å²) in [6.45, 7) is 2.50. The van der Waals surface area contributed by atoms with Crippen molar-refractivity contribution in [3.05, 3.63) is 60.1 Å². The second kappa shape index (κ2) is 7.99. The number of amides is 1. The molecule has 0 N–H and O–H groups in total. The maximum Gasteiger partial charge on any atom is 0.309 e. The lowest BCUT2D eigenvalue weighted by molar-refractivity contribution is -0.152. The number of Topliss-reactive ketones (excluding diaryl/α,β-unsaturated/α-hetero) is 1. The van der Waals surface area contributed by atoms with E-state index in [0.717, 1.165) is 0 Å². The normalized spacial score (nSPS) is 16.1. The second-order valence-electron chi connectivity index (χ2n) is 6.35. The molecule has 2 heterocycles. The molecule has 1 aliphatic heterocycles. The monoisotopic (exact) mass is 355 g/mol. The lowest BCUT2D eigenvalue weighted by Crippen LogP contribution is -2.41. The number of ether oxygens (including phenoxy) is 1. The lowest BCUT2D eigenvalue weighted by Gasteiger charge is -2.30. The summed E-state index contributed by atoms with van der Waals surface area (Å²) in [4.78, 5) is 38.5. The van der Waals surface area contributed by atoms with Crippen molar-refractivity contribution in [2.45, 2.75) is 25.9 Å².